The number of hydrogen-bond donors (Lipinski definition) is 3. The number of carbonyl (C=O) groups is 4. The van der Waals surface area contributed by atoms with E-state index in [0.717, 1.165) is 180 Å². The van der Waals surface area contributed by atoms with E-state index in [-0.39, 0.29) is 25.7 Å². The first-order chi connectivity index (χ1) is 48.7. The van der Waals surface area contributed by atoms with Crippen molar-refractivity contribution in [2.75, 3.05) is 39.6 Å². The smallest absolute Gasteiger partial charge is 0.462 e. The molecule has 0 spiro atoms. The Hall–Kier alpha value is -3.76. The van der Waals surface area contributed by atoms with Crippen LogP contribution < -0.4 is 0 Å². The molecule has 5 atom stereocenters. The molecule has 0 amide bonds. The molecule has 0 heterocycles. The first-order valence-corrected chi connectivity index (χ1v) is 42.8. The van der Waals surface area contributed by atoms with E-state index >= 15 is 0 Å². The second-order valence-electron chi connectivity index (χ2n) is 26.6. The normalized spacial score (nSPS) is 14.3. The summed E-state index contributed by atoms with van der Waals surface area (Å²) in [5.74, 6) is -2.17. The molecule has 0 aromatic carbocycles. The Labute approximate surface area is 608 Å². The quantitative estimate of drug-likeness (QED) is 0.0169. The number of aliphatic hydroxyl groups excluding tert-OH is 1. The van der Waals surface area contributed by atoms with Crippen molar-refractivity contribution in [3.63, 3.8) is 0 Å². The number of phosphoric acid groups is 2. The minimum absolute atomic E-state index is 0.0963. The number of unbranched alkanes of at least 4 members (excludes halogenated alkanes) is 35. The largest absolute Gasteiger partial charge is 0.472 e. The van der Waals surface area contributed by atoms with Crippen LogP contribution in [0.4, 0.5) is 0 Å². The van der Waals surface area contributed by atoms with E-state index in [4.69, 9.17) is 37.0 Å². The highest BCUT2D eigenvalue weighted by atomic mass is 31.2. The Morgan fingerprint density at radius 2 is 0.520 bits per heavy atom. The van der Waals surface area contributed by atoms with Crippen molar-refractivity contribution in [2.24, 2.45) is 0 Å². The van der Waals surface area contributed by atoms with Gasteiger partial charge in [0.1, 0.15) is 19.3 Å². The monoisotopic (exact) mass is 1450 g/mol. The Kier molecular flexibility index (Phi) is 70.8. The van der Waals surface area contributed by atoms with Crippen molar-refractivity contribution in [3.05, 3.63) is 85.1 Å². The first kappa shape index (κ1) is 96.2. The summed E-state index contributed by atoms with van der Waals surface area (Å²) in [5.41, 5.74) is 0. The predicted molar refractivity (Wildman–Crippen MR) is 409 cm³/mol. The molecule has 0 saturated carbocycles. The summed E-state index contributed by atoms with van der Waals surface area (Å²) in [5, 5.41) is 10.6. The van der Waals surface area contributed by atoms with Crippen molar-refractivity contribution < 1.29 is 80.2 Å². The van der Waals surface area contributed by atoms with Gasteiger partial charge in [0.15, 0.2) is 12.2 Å². The van der Waals surface area contributed by atoms with E-state index in [2.05, 4.69) is 113 Å². The molecule has 0 aliphatic carbocycles. The molecule has 3 N–H and O–H groups in total. The maximum Gasteiger partial charge on any atom is 0.472 e. The molecule has 0 radical (unpaired) electrons. The number of carbonyl (C=O) groups excluding carboxylic acids is 4. The molecule has 17 nitrogen and oxygen atoms in total. The van der Waals surface area contributed by atoms with Gasteiger partial charge in [-0.3, -0.25) is 37.3 Å². The number of ether oxygens (including phenoxy) is 4. The minimum atomic E-state index is -4.97. The van der Waals surface area contributed by atoms with Crippen molar-refractivity contribution >= 4 is 39.5 Å². The van der Waals surface area contributed by atoms with Gasteiger partial charge >= 0.3 is 39.5 Å². The van der Waals surface area contributed by atoms with Gasteiger partial charge < -0.3 is 33.8 Å². The zero-order valence-electron chi connectivity index (χ0n) is 63.4. The Balaban J connectivity index is 5.29. The Bertz CT molecular complexity index is 2230. The average molecular weight is 1450 g/mol. The van der Waals surface area contributed by atoms with Gasteiger partial charge in [0, 0.05) is 25.7 Å². The lowest BCUT2D eigenvalue weighted by atomic mass is 10.0. The maximum atomic E-state index is 13.1. The lowest BCUT2D eigenvalue weighted by Gasteiger charge is -2.21. The molecule has 0 fully saturated rings. The zero-order chi connectivity index (χ0) is 73.2. The number of phosphoric ester groups is 2. The predicted octanol–water partition coefficient (Wildman–Crippen LogP) is 23.0. The van der Waals surface area contributed by atoms with Gasteiger partial charge in [-0.1, -0.05) is 312 Å². The van der Waals surface area contributed by atoms with Crippen LogP contribution in [-0.4, -0.2) is 96.7 Å². The highest BCUT2D eigenvalue weighted by Crippen LogP contribution is 2.45. The molecule has 580 valence electrons. The van der Waals surface area contributed by atoms with Gasteiger partial charge in [-0.25, -0.2) is 9.13 Å². The summed E-state index contributed by atoms with van der Waals surface area (Å²) in [6.45, 7) is 4.67. The number of aliphatic hydroxyl groups is 1. The maximum absolute atomic E-state index is 13.1. The van der Waals surface area contributed by atoms with Crippen LogP contribution in [0, 0.1) is 0 Å². The third-order valence-corrected chi connectivity index (χ3v) is 18.8. The SMILES string of the molecule is CC/C=C\C/C=C\C/C=C\C/C=C\CCCCCCCCC(=O)OCC(COP(=O)(O)OCC(O)COP(=O)(O)OCC(COC(=O)CCCCCCCCC/C=C\C/C=C\C/C=C\CC)OC(=O)CCCCCCCCCCCCC)OC(=O)CCCCCCCCCCCCCCC. The van der Waals surface area contributed by atoms with Gasteiger partial charge in [0.25, 0.3) is 0 Å². The van der Waals surface area contributed by atoms with E-state index in [1.54, 1.807) is 0 Å². The minimum Gasteiger partial charge on any atom is -0.462 e. The van der Waals surface area contributed by atoms with Crippen molar-refractivity contribution in [2.45, 2.75) is 367 Å². The topological polar surface area (TPSA) is 237 Å². The molecule has 0 bridgehead atoms. The second-order valence-corrected chi connectivity index (χ2v) is 29.5. The van der Waals surface area contributed by atoms with E-state index in [1.807, 2.05) is 0 Å². The molecule has 0 aliphatic heterocycles. The lowest BCUT2D eigenvalue weighted by Crippen LogP contribution is -2.30. The fraction of sp³-hybridized carbons (Fsp3) is 0.778. The molecule has 0 rings (SSSR count). The zero-order valence-corrected chi connectivity index (χ0v) is 65.2. The van der Waals surface area contributed by atoms with Crippen LogP contribution in [0.2, 0.25) is 0 Å². The average Bonchev–Trinajstić information content (AvgIpc) is 0.940. The van der Waals surface area contributed by atoms with E-state index < -0.39 is 97.5 Å². The summed E-state index contributed by atoms with van der Waals surface area (Å²) in [4.78, 5) is 72.9. The van der Waals surface area contributed by atoms with Gasteiger partial charge in [-0.05, 0) is 96.3 Å². The van der Waals surface area contributed by atoms with Gasteiger partial charge in [-0.15, -0.1) is 0 Å². The Morgan fingerprint density at radius 1 is 0.290 bits per heavy atom. The van der Waals surface area contributed by atoms with E-state index in [1.165, 1.54) is 89.9 Å². The standard InChI is InChI=1S/C81H144O17P2/c1-5-9-13-17-21-25-29-32-34-36-37-39-41-44-47-50-54-58-62-66-79(84)92-72-77(98-81(86)68-64-60-56-52-48-42-31-27-23-19-15-11-7-3)74-96-100(89,90)94-70-75(82)69-93-99(87,88)95-73-76(97-80(85)67-63-59-55-51-45-28-24-20-16-12-8-4)71-91-78(83)65-61-57-53-49-46-43-40-38-35-33-30-26-22-18-14-10-6-2/h9-10,13-14,21-22,25-26,32-35,37,39,75-77,82H,5-8,11-12,15-20,23-24,27-31,36,38,40-74H2,1-4H3,(H,87,88)(H,89,90)/b13-9-,14-10-,25-21-,26-22-,34-32-,35-33-,39-37-. The number of hydrogen-bond acceptors (Lipinski definition) is 15. The van der Waals surface area contributed by atoms with E-state index in [9.17, 15) is 43.2 Å². The van der Waals surface area contributed by atoms with Crippen molar-refractivity contribution in [1.82, 2.24) is 0 Å². The van der Waals surface area contributed by atoms with Crippen molar-refractivity contribution in [1.29, 1.82) is 0 Å². The summed E-state index contributed by atoms with van der Waals surface area (Å²) < 4.78 is 68.6. The number of esters is 4. The summed E-state index contributed by atoms with van der Waals surface area (Å²) in [6.07, 6.45) is 75.6. The van der Waals surface area contributed by atoms with Crippen LogP contribution in [0.5, 0.6) is 0 Å². The molecular weight excluding hydrogens is 1310 g/mol. The fourth-order valence-corrected chi connectivity index (χ4v) is 12.5. The highest BCUT2D eigenvalue weighted by molar-refractivity contribution is 7.47. The Morgan fingerprint density at radius 3 is 0.800 bits per heavy atom. The van der Waals surface area contributed by atoms with Crippen LogP contribution in [0.1, 0.15) is 349 Å². The second kappa shape index (κ2) is 73.5. The molecule has 0 saturated heterocycles. The lowest BCUT2D eigenvalue weighted by molar-refractivity contribution is -0.161. The van der Waals surface area contributed by atoms with Crippen LogP contribution >= 0.6 is 15.6 Å². The summed E-state index contributed by atoms with van der Waals surface area (Å²) in [6, 6.07) is 0. The summed E-state index contributed by atoms with van der Waals surface area (Å²) >= 11 is 0. The first-order valence-electron chi connectivity index (χ1n) is 39.8. The third kappa shape index (κ3) is 72.6. The molecular formula is C81H144O17P2. The van der Waals surface area contributed by atoms with Gasteiger partial charge in [-0.2, -0.15) is 0 Å². The molecule has 5 unspecified atom stereocenters. The summed E-state index contributed by atoms with van der Waals surface area (Å²) in [7, 11) is -9.94. The van der Waals surface area contributed by atoms with Gasteiger partial charge in [0.2, 0.25) is 0 Å². The molecule has 0 aromatic heterocycles. The van der Waals surface area contributed by atoms with Crippen molar-refractivity contribution in [3.8, 4) is 0 Å². The molecule has 0 aliphatic rings. The van der Waals surface area contributed by atoms with E-state index in [0.29, 0.717) is 25.7 Å². The highest BCUT2D eigenvalue weighted by Gasteiger charge is 2.30. The number of rotatable bonds is 75. The van der Waals surface area contributed by atoms with Crippen LogP contribution in [0.15, 0.2) is 85.1 Å². The number of allylic oxidation sites excluding steroid dienone is 14. The van der Waals surface area contributed by atoms with Crippen LogP contribution in [0.3, 0.4) is 0 Å². The fourth-order valence-electron chi connectivity index (χ4n) is 10.9. The molecule has 0 aromatic rings. The molecule has 19 heteroatoms. The third-order valence-electron chi connectivity index (χ3n) is 16.9. The van der Waals surface area contributed by atoms with Gasteiger partial charge in [0.05, 0.1) is 26.4 Å². The van der Waals surface area contributed by atoms with Crippen LogP contribution in [0.25, 0.3) is 0 Å². The van der Waals surface area contributed by atoms with Crippen LogP contribution in [-0.2, 0) is 65.4 Å². The molecule has 100 heavy (non-hydrogen) atoms.